The minimum atomic E-state index is 0.00389. The van der Waals surface area contributed by atoms with Crippen molar-refractivity contribution in [2.75, 3.05) is 0 Å². The highest BCUT2D eigenvalue weighted by Crippen LogP contribution is 2.25. The van der Waals surface area contributed by atoms with Gasteiger partial charge in [-0.05, 0) is 26.2 Å². The lowest BCUT2D eigenvalue weighted by Crippen LogP contribution is -2.31. The molecule has 1 aliphatic carbocycles. The van der Waals surface area contributed by atoms with E-state index in [1.54, 1.807) is 6.92 Å². The second-order valence-corrected chi connectivity index (χ2v) is 3.52. The molecule has 3 nitrogen and oxygen atoms in total. The summed E-state index contributed by atoms with van der Waals surface area (Å²) < 4.78 is 0. The van der Waals surface area contributed by atoms with Gasteiger partial charge in [-0.15, -0.1) is 0 Å². The number of hydrogen-bond acceptors (Lipinski definition) is 2. The lowest BCUT2D eigenvalue weighted by molar-refractivity contribution is -0.121. The molecule has 2 unspecified atom stereocenters. The lowest BCUT2D eigenvalue weighted by atomic mass is 10.0. The summed E-state index contributed by atoms with van der Waals surface area (Å²) >= 11 is 0. The van der Waals surface area contributed by atoms with Gasteiger partial charge in [0.05, 0.1) is 0 Å². The third-order valence-electron chi connectivity index (χ3n) is 2.41. The third-order valence-corrected chi connectivity index (χ3v) is 2.41. The first kappa shape index (κ1) is 9.23. The molecule has 12 heavy (non-hydrogen) atoms. The first-order valence-corrected chi connectivity index (χ1v) is 4.37. The molecular weight excluding hydrogens is 154 g/mol. The standard InChI is InChI=1S/C9H15NO2/c1-6(11)8-3-4-9(5-8)10-7(2)12/h8-9H,3-5H2,1-2H3,(H,10,12). The van der Waals surface area contributed by atoms with Crippen LogP contribution in [0.2, 0.25) is 0 Å². The van der Waals surface area contributed by atoms with E-state index in [0.29, 0.717) is 0 Å². The first-order chi connectivity index (χ1) is 5.59. The highest BCUT2D eigenvalue weighted by Gasteiger charge is 2.27. The van der Waals surface area contributed by atoms with Crippen LogP contribution in [0.25, 0.3) is 0 Å². The average Bonchev–Trinajstić information content (AvgIpc) is 2.34. The molecule has 0 saturated heterocycles. The molecule has 0 heterocycles. The fourth-order valence-corrected chi connectivity index (χ4v) is 1.77. The molecule has 0 aliphatic heterocycles. The molecule has 2 atom stereocenters. The van der Waals surface area contributed by atoms with Gasteiger partial charge in [-0.25, -0.2) is 0 Å². The lowest BCUT2D eigenvalue weighted by Gasteiger charge is -2.09. The van der Waals surface area contributed by atoms with Crippen molar-refractivity contribution in [3.8, 4) is 0 Å². The summed E-state index contributed by atoms with van der Waals surface area (Å²) in [6.45, 7) is 3.14. The smallest absolute Gasteiger partial charge is 0.217 e. The number of nitrogens with one attached hydrogen (secondary N) is 1. The van der Waals surface area contributed by atoms with Gasteiger partial charge in [-0.2, -0.15) is 0 Å². The molecule has 1 amide bonds. The van der Waals surface area contributed by atoms with Crippen molar-refractivity contribution in [2.24, 2.45) is 5.92 Å². The molecule has 0 aromatic rings. The molecular formula is C9H15NO2. The van der Waals surface area contributed by atoms with E-state index < -0.39 is 0 Å². The Labute approximate surface area is 72.5 Å². The Hall–Kier alpha value is -0.860. The van der Waals surface area contributed by atoms with Gasteiger partial charge >= 0.3 is 0 Å². The largest absolute Gasteiger partial charge is 0.354 e. The SMILES string of the molecule is CC(=O)NC1CCC(C(C)=O)C1. The summed E-state index contributed by atoms with van der Waals surface area (Å²) in [4.78, 5) is 21.6. The van der Waals surface area contributed by atoms with Gasteiger partial charge in [0.1, 0.15) is 5.78 Å². The van der Waals surface area contributed by atoms with Crippen molar-refractivity contribution in [2.45, 2.75) is 39.2 Å². The summed E-state index contributed by atoms with van der Waals surface area (Å²) in [6.07, 6.45) is 2.71. The topological polar surface area (TPSA) is 46.2 Å². The van der Waals surface area contributed by atoms with Crippen molar-refractivity contribution in [1.29, 1.82) is 0 Å². The summed E-state index contributed by atoms with van der Waals surface area (Å²) in [7, 11) is 0. The second-order valence-electron chi connectivity index (χ2n) is 3.52. The van der Waals surface area contributed by atoms with Crippen LogP contribution in [0.4, 0.5) is 0 Å². The van der Waals surface area contributed by atoms with Crippen LogP contribution in [0.3, 0.4) is 0 Å². The molecule has 1 saturated carbocycles. The summed E-state index contributed by atoms with van der Waals surface area (Å²) in [6, 6.07) is 0.233. The molecule has 1 rings (SSSR count). The number of rotatable bonds is 2. The van der Waals surface area contributed by atoms with E-state index in [-0.39, 0.29) is 23.7 Å². The number of Topliss-reactive ketones (excluding diaryl/α,β-unsaturated/α-hetero) is 1. The van der Waals surface area contributed by atoms with Crippen LogP contribution in [0, 0.1) is 5.92 Å². The molecule has 1 fully saturated rings. The van der Waals surface area contributed by atoms with E-state index in [9.17, 15) is 9.59 Å². The minimum Gasteiger partial charge on any atom is -0.354 e. The third kappa shape index (κ3) is 2.32. The average molecular weight is 169 g/mol. The molecule has 0 bridgehead atoms. The zero-order valence-corrected chi connectivity index (χ0v) is 7.59. The summed E-state index contributed by atoms with van der Waals surface area (Å²) in [5.41, 5.74) is 0. The van der Waals surface area contributed by atoms with Crippen LogP contribution in [0.1, 0.15) is 33.1 Å². The Morgan fingerprint density at radius 2 is 1.92 bits per heavy atom. The minimum absolute atomic E-state index is 0.00389. The van der Waals surface area contributed by atoms with Crippen LogP contribution in [-0.2, 0) is 9.59 Å². The zero-order valence-electron chi connectivity index (χ0n) is 7.59. The molecule has 0 spiro atoms. The predicted octanol–water partition coefficient (Wildman–Crippen LogP) is 0.880. The maximum Gasteiger partial charge on any atom is 0.217 e. The maximum absolute atomic E-state index is 11.0. The molecule has 1 N–H and O–H groups in total. The molecule has 3 heteroatoms. The molecule has 1 aliphatic rings. The second kappa shape index (κ2) is 3.70. The van der Waals surface area contributed by atoms with Gasteiger partial charge in [0, 0.05) is 18.9 Å². The van der Waals surface area contributed by atoms with Gasteiger partial charge in [0.25, 0.3) is 0 Å². The Balaban J connectivity index is 2.35. The predicted molar refractivity (Wildman–Crippen MR) is 45.6 cm³/mol. The number of carbonyl (C=O) groups is 2. The van der Waals surface area contributed by atoms with Gasteiger partial charge in [0.15, 0.2) is 0 Å². The first-order valence-electron chi connectivity index (χ1n) is 4.37. The molecule has 68 valence electrons. The highest BCUT2D eigenvalue weighted by molar-refractivity contribution is 5.79. The van der Waals surface area contributed by atoms with E-state index in [1.807, 2.05) is 0 Å². The van der Waals surface area contributed by atoms with E-state index in [4.69, 9.17) is 0 Å². The van der Waals surface area contributed by atoms with Crippen molar-refractivity contribution in [3.05, 3.63) is 0 Å². The Kier molecular flexibility index (Phi) is 2.84. The maximum atomic E-state index is 11.0. The fourth-order valence-electron chi connectivity index (χ4n) is 1.77. The van der Waals surface area contributed by atoms with Gasteiger partial charge in [-0.1, -0.05) is 0 Å². The number of ketones is 1. The van der Waals surface area contributed by atoms with E-state index >= 15 is 0 Å². The highest BCUT2D eigenvalue weighted by atomic mass is 16.1. The number of carbonyl (C=O) groups excluding carboxylic acids is 2. The Morgan fingerprint density at radius 3 is 2.33 bits per heavy atom. The van der Waals surface area contributed by atoms with Crippen molar-refractivity contribution in [3.63, 3.8) is 0 Å². The molecule has 0 radical (unpaired) electrons. The number of amides is 1. The van der Waals surface area contributed by atoms with Gasteiger partial charge in [-0.3, -0.25) is 9.59 Å². The van der Waals surface area contributed by atoms with Crippen LogP contribution in [0.5, 0.6) is 0 Å². The van der Waals surface area contributed by atoms with Crippen molar-refractivity contribution < 1.29 is 9.59 Å². The quantitative estimate of drug-likeness (QED) is 0.667. The van der Waals surface area contributed by atoms with Crippen molar-refractivity contribution in [1.82, 2.24) is 5.32 Å². The van der Waals surface area contributed by atoms with E-state index in [1.165, 1.54) is 6.92 Å². The summed E-state index contributed by atoms with van der Waals surface area (Å²) in [5, 5.41) is 2.84. The van der Waals surface area contributed by atoms with Crippen LogP contribution >= 0.6 is 0 Å². The zero-order chi connectivity index (χ0) is 9.14. The Morgan fingerprint density at radius 1 is 1.25 bits per heavy atom. The summed E-state index contributed by atoms with van der Waals surface area (Å²) in [5.74, 6) is 0.439. The normalized spacial score (nSPS) is 28.5. The monoisotopic (exact) mass is 169 g/mol. The van der Waals surface area contributed by atoms with Crippen LogP contribution in [-0.4, -0.2) is 17.7 Å². The van der Waals surface area contributed by atoms with Crippen molar-refractivity contribution >= 4 is 11.7 Å². The van der Waals surface area contributed by atoms with E-state index in [2.05, 4.69) is 5.32 Å². The van der Waals surface area contributed by atoms with Gasteiger partial charge < -0.3 is 5.32 Å². The van der Waals surface area contributed by atoms with Crippen LogP contribution < -0.4 is 5.32 Å². The molecule has 0 aromatic heterocycles. The number of hydrogen-bond donors (Lipinski definition) is 1. The fraction of sp³-hybridized carbons (Fsp3) is 0.778. The molecule has 0 aromatic carbocycles. The van der Waals surface area contributed by atoms with Gasteiger partial charge in [0.2, 0.25) is 5.91 Å². The Bertz CT molecular complexity index is 201. The van der Waals surface area contributed by atoms with Crippen LogP contribution in [0.15, 0.2) is 0 Å². The van der Waals surface area contributed by atoms with E-state index in [0.717, 1.165) is 19.3 Å².